The molecule has 3 nitrogen and oxygen atoms in total. The van der Waals surface area contributed by atoms with Crippen molar-refractivity contribution in [2.45, 2.75) is 6.61 Å². The van der Waals surface area contributed by atoms with Gasteiger partial charge >= 0.3 is 0 Å². The third kappa shape index (κ3) is 4.22. The van der Waals surface area contributed by atoms with E-state index in [1.807, 2.05) is 0 Å². The molecule has 0 unspecified atom stereocenters. The van der Waals surface area contributed by atoms with Crippen molar-refractivity contribution in [2.24, 2.45) is 0 Å². The number of hydrogen-bond acceptors (Lipinski definition) is 2. The van der Waals surface area contributed by atoms with Crippen molar-refractivity contribution in [2.75, 3.05) is 5.32 Å². The Kier molecular flexibility index (Phi) is 5.22. The van der Waals surface area contributed by atoms with Gasteiger partial charge in [-0.3, -0.25) is 4.79 Å². The molecule has 0 bridgehead atoms. The van der Waals surface area contributed by atoms with Gasteiger partial charge in [0.25, 0.3) is 5.91 Å². The van der Waals surface area contributed by atoms with Gasteiger partial charge in [0.1, 0.15) is 18.2 Å². The summed E-state index contributed by atoms with van der Waals surface area (Å²) < 4.78 is 45.4. The van der Waals surface area contributed by atoms with Gasteiger partial charge in [-0.25, -0.2) is 13.2 Å². The smallest absolute Gasteiger partial charge is 0.258 e. The van der Waals surface area contributed by atoms with Crippen LogP contribution in [-0.2, 0) is 6.61 Å². The summed E-state index contributed by atoms with van der Waals surface area (Å²) in [6, 6.07) is 15.8. The van der Waals surface area contributed by atoms with Crippen LogP contribution in [0.5, 0.6) is 5.75 Å². The lowest BCUT2D eigenvalue weighted by atomic mass is 10.2. The van der Waals surface area contributed by atoms with Gasteiger partial charge in [0.15, 0.2) is 11.6 Å². The van der Waals surface area contributed by atoms with Crippen LogP contribution in [0, 0.1) is 17.5 Å². The second-order valence-electron chi connectivity index (χ2n) is 5.50. The summed E-state index contributed by atoms with van der Waals surface area (Å²) in [5.74, 6) is -2.92. The molecule has 132 valence electrons. The molecular formula is C20H14F3NO2. The molecule has 3 rings (SSSR count). The molecule has 0 aliphatic heterocycles. The number of rotatable bonds is 5. The summed E-state index contributed by atoms with van der Waals surface area (Å²) in [6.45, 7) is 0.218. The Balaban J connectivity index is 1.68. The molecule has 0 heterocycles. The first-order valence-electron chi connectivity index (χ1n) is 7.75. The Morgan fingerprint density at radius 1 is 0.923 bits per heavy atom. The Labute approximate surface area is 148 Å². The predicted octanol–water partition coefficient (Wildman–Crippen LogP) is 4.94. The van der Waals surface area contributed by atoms with Crippen LogP contribution >= 0.6 is 0 Å². The quantitative estimate of drug-likeness (QED) is 0.703. The van der Waals surface area contributed by atoms with E-state index in [0.717, 1.165) is 11.6 Å². The number of anilines is 1. The van der Waals surface area contributed by atoms with Crippen LogP contribution in [0.15, 0.2) is 66.7 Å². The Morgan fingerprint density at radius 3 is 2.42 bits per heavy atom. The Bertz CT molecular complexity index is 927. The van der Waals surface area contributed by atoms with Crippen LogP contribution in [0.25, 0.3) is 0 Å². The van der Waals surface area contributed by atoms with Crippen LogP contribution < -0.4 is 10.1 Å². The van der Waals surface area contributed by atoms with Crippen molar-refractivity contribution in [3.63, 3.8) is 0 Å². The molecule has 0 saturated carbocycles. The first kappa shape index (κ1) is 17.5. The van der Waals surface area contributed by atoms with Gasteiger partial charge in [-0.05, 0) is 42.0 Å². The molecule has 0 radical (unpaired) electrons. The van der Waals surface area contributed by atoms with Gasteiger partial charge < -0.3 is 10.1 Å². The Morgan fingerprint density at radius 2 is 1.65 bits per heavy atom. The number of carbonyl (C=O) groups excluding carboxylic acids is 1. The highest BCUT2D eigenvalue weighted by Gasteiger charge is 2.15. The number of carbonyl (C=O) groups is 1. The van der Waals surface area contributed by atoms with Crippen LogP contribution in [0.1, 0.15) is 15.9 Å². The van der Waals surface area contributed by atoms with Crippen molar-refractivity contribution < 1.29 is 22.7 Å². The average molecular weight is 357 g/mol. The van der Waals surface area contributed by atoms with Crippen molar-refractivity contribution in [1.82, 2.24) is 0 Å². The molecule has 26 heavy (non-hydrogen) atoms. The van der Waals surface area contributed by atoms with Crippen LogP contribution in [-0.4, -0.2) is 5.91 Å². The lowest BCUT2D eigenvalue weighted by Crippen LogP contribution is -2.14. The lowest BCUT2D eigenvalue weighted by molar-refractivity contribution is 0.102. The minimum absolute atomic E-state index is 0.218. The van der Waals surface area contributed by atoms with E-state index in [1.165, 1.54) is 24.3 Å². The monoisotopic (exact) mass is 357 g/mol. The fourth-order valence-electron chi connectivity index (χ4n) is 2.29. The predicted molar refractivity (Wildman–Crippen MR) is 91.5 cm³/mol. The van der Waals surface area contributed by atoms with E-state index in [2.05, 4.69) is 5.32 Å². The molecule has 0 spiro atoms. The lowest BCUT2D eigenvalue weighted by Gasteiger charge is -2.10. The zero-order valence-electron chi connectivity index (χ0n) is 13.5. The molecule has 0 aliphatic carbocycles. The van der Waals surface area contributed by atoms with Gasteiger partial charge in [-0.15, -0.1) is 0 Å². The van der Waals surface area contributed by atoms with E-state index >= 15 is 0 Å². The average Bonchev–Trinajstić information content (AvgIpc) is 2.64. The maximum absolute atomic E-state index is 13.7. The fourth-order valence-corrected chi connectivity index (χ4v) is 2.29. The highest BCUT2D eigenvalue weighted by atomic mass is 19.2. The van der Waals surface area contributed by atoms with Gasteiger partial charge in [-0.1, -0.05) is 24.3 Å². The number of hydrogen-bond donors (Lipinski definition) is 1. The molecule has 0 atom stereocenters. The van der Waals surface area contributed by atoms with E-state index < -0.39 is 17.5 Å². The molecule has 0 aromatic heterocycles. The SMILES string of the molecule is O=C(Nc1cccc(OCc2ccc(F)cc2)c1)c1cccc(F)c1F. The van der Waals surface area contributed by atoms with Crippen LogP contribution in [0.4, 0.5) is 18.9 Å². The molecule has 0 aliphatic rings. The normalized spacial score (nSPS) is 10.4. The van der Waals surface area contributed by atoms with Gasteiger partial charge in [0.05, 0.1) is 5.56 Å². The molecule has 1 amide bonds. The standard InChI is InChI=1S/C20H14F3NO2/c21-14-9-7-13(8-10-14)12-26-16-4-1-3-15(11-16)24-20(25)17-5-2-6-18(22)19(17)23/h1-11H,12H2,(H,24,25). The van der Waals surface area contributed by atoms with E-state index in [1.54, 1.807) is 36.4 Å². The largest absolute Gasteiger partial charge is 0.489 e. The maximum Gasteiger partial charge on any atom is 0.258 e. The second-order valence-corrected chi connectivity index (χ2v) is 5.50. The minimum atomic E-state index is -1.20. The maximum atomic E-state index is 13.7. The molecule has 0 fully saturated rings. The molecular weight excluding hydrogens is 343 g/mol. The molecule has 0 saturated heterocycles. The van der Waals surface area contributed by atoms with E-state index in [-0.39, 0.29) is 18.0 Å². The summed E-state index contributed by atoms with van der Waals surface area (Å²) in [4.78, 5) is 12.1. The highest BCUT2D eigenvalue weighted by Crippen LogP contribution is 2.20. The summed E-state index contributed by atoms with van der Waals surface area (Å²) in [5.41, 5.74) is 0.764. The minimum Gasteiger partial charge on any atom is -0.489 e. The van der Waals surface area contributed by atoms with Gasteiger partial charge in [0, 0.05) is 11.8 Å². The second kappa shape index (κ2) is 7.74. The van der Waals surface area contributed by atoms with Gasteiger partial charge in [-0.2, -0.15) is 0 Å². The molecule has 1 N–H and O–H groups in total. The van der Waals surface area contributed by atoms with Crippen LogP contribution in [0.3, 0.4) is 0 Å². The first-order chi connectivity index (χ1) is 12.5. The first-order valence-corrected chi connectivity index (χ1v) is 7.75. The van der Waals surface area contributed by atoms with E-state index in [4.69, 9.17) is 4.74 Å². The van der Waals surface area contributed by atoms with E-state index in [0.29, 0.717) is 11.4 Å². The summed E-state index contributed by atoms with van der Waals surface area (Å²) in [7, 11) is 0. The number of amides is 1. The van der Waals surface area contributed by atoms with Gasteiger partial charge in [0.2, 0.25) is 0 Å². The summed E-state index contributed by atoms with van der Waals surface area (Å²) in [5, 5.41) is 2.50. The fraction of sp³-hybridized carbons (Fsp3) is 0.0500. The molecule has 6 heteroatoms. The Hall–Kier alpha value is -3.28. The zero-order chi connectivity index (χ0) is 18.5. The number of benzene rings is 3. The number of ether oxygens (including phenoxy) is 1. The molecule has 3 aromatic carbocycles. The summed E-state index contributed by atoms with van der Waals surface area (Å²) >= 11 is 0. The van der Waals surface area contributed by atoms with Crippen molar-refractivity contribution >= 4 is 11.6 Å². The van der Waals surface area contributed by atoms with Crippen molar-refractivity contribution in [3.8, 4) is 5.75 Å². The van der Waals surface area contributed by atoms with Crippen molar-refractivity contribution in [1.29, 1.82) is 0 Å². The number of nitrogens with one attached hydrogen (secondary N) is 1. The zero-order valence-corrected chi connectivity index (χ0v) is 13.5. The highest BCUT2D eigenvalue weighted by molar-refractivity contribution is 6.04. The third-order valence-electron chi connectivity index (χ3n) is 3.61. The van der Waals surface area contributed by atoms with Crippen molar-refractivity contribution in [3.05, 3.63) is 95.3 Å². The topological polar surface area (TPSA) is 38.3 Å². The van der Waals surface area contributed by atoms with E-state index in [9.17, 15) is 18.0 Å². The third-order valence-corrected chi connectivity index (χ3v) is 3.61. The number of halogens is 3. The van der Waals surface area contributed by atoms with Crippen LogP contribution in [0.2, 0.25) is 0 Å². The summed E-state index contributed by atoms with van der Waals surface area (Å²) in [6.07, 6.45) is 0. The molecule has 3 aromatic rings.